The summed E-state index contributed by atoms with van der Waals surface area (Å²) in [7, 11) is -1.65. The molecule has 1 heterocycles. The van der Waals surface area contributed by atoms with Gasteiger partial charge in [-0.05, 0) is 46.1 Å². The average molecular weight is 356 g/mol. The monoisotopic (exact) mass is 355 g/mol. The average Bonchev–Trinajstić information content (AvgIpc) is 2.36. The van der Waals surface area contributed by atoms with Crippen molar-refractivity contribution in [2.24, 2.45) is 0 Å². The zero-order valence-corrected chi connectivity index (χ0v) is 12.8. The first-order valence-corrected chi connectivity index (χ1v) is 7.13. The van der Waals surface area contributed by atoms with E-state index in [-0.39, 0.29) is 11.4 Å². The third-order valence-electron chi connectivity index (χ3n) is 3.13. The van der Waals surface area contributed by atoms with Crippen LogP contribution in [0.25, 0.3) is 0 Å². The highest BCUT2D eigenvalue weighted by Crippen LogP contribution is 2.20. The lowest BCUT2D eigenvalue weighted by Gasteiger charge is -2.16. The molecule has 1 aromatic heterocycles. The molecule has 2 rings (SSSR count). The quantitative estimate of drug-likeness (QED) is 0.652. The van der Waals surface area contributed by atoms with Gasteiger partial charge in [0.25, 0.3) is 0 Å². The van der Waals surface area contributed by atoms with Gasteiger partial charge in [0.15, 0.2) is 0 Å². The second kappa shape index (κ2) is 6.64. The van der Waals surface area contributed by atoms with E-state index in [4.69, 9.17) is 0 Å². The predicted octanol–water partition coefficient (Wildman–Crippen LogP) is 2.15. The Kier molecular flexibility index (Phi) is 5.08. The number of pyridine rings is 1. The second-order valence-corrected chi connectivity index (χ2v) is 5.68. The summed E-state index contributed by atoms with van der Waals surface area (Å²) in [5.74, 6) is -1.51. The molecule has 0 amide bonds. The molecule has 1 aromatic carbocycles. The summed E-state index contributed by atoms with van der Waals surface area (Å²) in [6.07, 6.45) is 0.331. The predicted molar refractivity (Wildman–Crippen MR) is 80.2 cm³/mol. The van der Waals surface area contributed by atoms with Crippen molar-refractivity contribution in [1.29, 1.82) is 0 Å². The zero-order chi connectivity index (χ0) is 15.6. The van der Waals surface area contributed by atoms with E-state index >= 15 is 0 Å². The molecule has 7 heteroatoms. The van der Waals surface area contributed by atoms with Crippen LogP contribution in [0.4, 0.5) is 8.78 Å². The molecule has 0 unspecified atom stereocenters. The summed E-state index contributed by atoms with van der Waals surface area (Å²) in [5, 5.41) is 18.8. The molecule has 0 radical (unpaired) electrons. The highest BCUT2D eigenvalue weighted by atomic mass is 79.9. The molecule has 110 valence electrons. The van der Waals surface area contributed by atoms with Gasteiger partial charge in [0.1, 0.15) is 16.2 Å². The van der Waals surface area contributed by atoms with E-state index in [1.165, 1.54) is 12.1 Å². The van der Waals surface area contributed by atoms with Crippen LogP contribution in [0.3, 0.4) is 0 Å². The molecule has 0 aliphatic heterocycles. The highest BCUT2D eigenvalue weighted by Gasteiger charge is 2.21. The van der Waals surface area contributed by atoms with Crippen molar-refractivity contribution in [3.63, 3.8) is 0 Å². The number of benzene rings is 1. The van der Waals surface area contributed by atoms with E-state index in [9.17, 15) is 18.8 Å². The second-order valence-electron chi connectivity index (χ2n) is 4.86. The fourth-order valence-corrected chi connectivity index (χ4v) is 2.58. The fraction of sp³-hybridized carbons (Fsp3) is 0.214. The normalized spacial score (nSPS) is 12.3. The number of halogens is 3. The largest absolute Gasteiger partial charge is 0.490 e. The lowest BCUT2D eigenvalue weighted by Crippen LogP contribution is -2.35. The van der Waals surface area contributed by atoms with Crippen LogP contribution in [0, 0.1) is 11.6 Å². The standard InChI is InChI=1S/C14H13BBrF2NO2/c1-8(4-9-5-10(17)7-11(18)6-9)14-12(15(20)21)2-3-13(16)19-14/h2-3,5-8,20-21H,4H2,1H3/t8-/m0/s1. The van der Waals surface area contributed by atoms with E-state index in [1.54, 1.807) is 12.1 Å². The van der Waals surface area contributed by atoms with Crippen molar-refractivity contribution in [1.82, 2.24) is 4.98 Å². The minimum absolute atomic E-state index is 0.236. The maximum Gasteiger partial charge on any atom is 0.490 e. The van der Waals surface area contributed by atoms with E-state index in [0.29, 0.717) is 22.3 Å². The first kappa shape index (κ1) is 16.1. The Balaban J connectivity index is 2.31. The fourth-order valence-electron chi connectivity index (χ4n) is 2.25. The van der Waals surface area contributed by atoms with E-state index < -0.39 is 18.8 Å². The first-order chi connectivity index (χ1) is 9.86. The molecule has 3 nitrogen and oxygen atoms in total. The summed E-state index contributed by atoms with van der Waals surface area (Å²) in [4.78, 5) is 4.24. The van der Waals surface area contributed by atoms with Crippen LogP contribution in [0.2, 0.25) is 0 Å². The summed E-state index contributed by atoms with van der Waals surface area (Å²) < 4.78 is 27.0. The molecule has 0 aliphatic carbocycles. The van der Waals surface area contributed by atoms with Gasteiger partial charge in [0.05, 0.1) is 0 Å². The topological polar surface area (TPSA) is 53.4 Å². The summed E-state index contributed by atoms with van der Waals surface area (Å²) in [6, 6.07) is 6.49. The molecule has 1 atom stereocenters. The van der Waals surface area contributed by atoms with Crippen molar-refractivity contribution in [2.45, 2.75) is 19.3 Å². The Morgan fingerprint density at radius 3 is 2.38 bits per heavy atom. The third-order valence-corrected chi connectivity index (χ3v) is 3.57. The molecule has 0 aliphatic rings. The zero-order valence-electron chi connectivity index (χ0n) is 11.2. The number of hydrogen-bond acceptors (Lipinski definition) is 3. The molecule has 21 heavy (non-hydrogen) atoms. The Morgan fingerprint density at radius 1 is 1.19 bits per heavy atom. The van der Waals surface area contributed by atoms with Gasteiger partial charge in [-0.2, -0.15) is 0 Å². The third kappa shape index (κ3) is 4.09. The number of rotatable bonds is 4. The molecule has 0 saturated carbocycles. The Morgan fingerprint density at radius 2 is 1.81 bits per heavy atom. The summed E-state index contributed by atoms with van der Waals surface area (Å²) >= 11 is 3.23. The molecule has 2 N–H and O–H groups in total. The van der Waals surface area contributed by atoms with Crippen molar-refractivity contribution in [2.75, 3.05) is 0 Å². The van der Waals surface area contributed by atoms with Gasteiger partial charge >= 0.3 is 7.12 Å². The first-order valence-electron chi connectivity index (χ1n) is 6.34. The maximum absolute atomic E-state index is 13.2. The highest BCUT2D eigenvalue weighted by molar-refractivity contribution is 9.10. The minimum Gasteiger partial charge on any atom is -0.423 e. The number of nitrogens with zero attached hydrogens (tertiary/aromatic N) is 1. The van der Waals surface area contributed by atoms with Gasteiger partial charge in [0.2, 0.25) is 0 Å². The Labute approximate surface area is 129 Å². The number of hydrogen-bond donors (Lipinski definition) is 2. The number of aromatic nitrogens is 1. The van der Waals surface area contributed by atoms with Crippen LogP contribution < -0.4 is 5.46 Å². The van der Waals surface area contributed by atoms with Gasteiger partial charge in [0, 0.05) is 23.1 Å². The lowest BCUT2D eigenvalue weighted by atomic mass is 9.76. The summed E-state index contributed by atoms with van der Waals surface area (Å²) in [5.41, 5.74) is 1.24. The van der Waals surface area contributed by atoms with Crippen LogP contribution in [0.1, 0.15) is 24.1 Å². The molecular formula is C14H13BBrF2NO2. The lowest BCUT2D eigenvalue weighted by molar-refractivity contribution is 0.424. The van der Waals surface area contributed by atoms with Crippen LogP contribution >= 0.6 is 15.9 Å². The van der Waals surface area contributed by atoms with Crippen LogP contribution in [-0.2, 0) is 6.42 Å². The maximum atomic E-state index is 13.2. The van der Waals surface area contributed by atoms with Crippen molar-refractivity contribution in [3.8, 4) is 0 Å². The van der Waals surface area contributed by atoms with E-state index in [2.05, 4.69) is 20.9 Å². The van der Waals surface area contributed by atoms with Crippen molar-refractivity contribution < 1.29 is 18.8 Å². The van der Waals surface area contributed by atoms with Gasteiger partial charge in [-0.25, -0.2) is 13.8 Å². The van der Waals surface area contributed by atoms with Crippen molar-refractivity contribution in [3.05, 3.63) is 57.8 Å². The Hall–Kier alpha value is -1.31. The smallest absolute Gasteiger partial charge is 0.423 e. The van der Waals surface area contributed by atoms with Crippen molar-refractivity contribution >= 4 is 28.5 Å². The van der Waals surface area contributed by atoms with E-state index in [0.717, 1.165) is 6.07 Å². The molecular weight excluding hydrogens is 343 g/mol. The molecule has 0 bridgehead atoms. The molecule has 0 spiro atoms. The van der Waals surface area contributed by atoms with Gasteiger partial charge in [-0.15, -0.1) is 0 Å². The van der Waals surface area contributed by atoms with Crippen LogP contribution in [-0.4, -0.2) is 22.2 Å². The molecule has 0 fully saturated rings. The van der Waals surface area contributed by atoms with Crippen LogP contribution in [0.5, 0.6) is 0 Å². The van der Waals surface area contributed by atoms with Crippen LogP contribution in [0.15, 0.2) is 34.9 Å². The Bertz CT molecular complexity index is 635. The summed E-state index contributed by atoms with van der Waals surface area (Å²) in [6.45, 7) is 1.81. The SMILES string of the molecule is C[C@@H](Cc1cc(F)cc(F)c1)c1nc(Br)ccc1B(O)O. The minimum atomic E-state index is -1.65. The molecule has 0 saturated heterocycles. The van der Waals surface area contributed by atoms with Gasteiger partial charge in [-0.3, -0.25) is 0 Å². The van der Waals surface area contributed by atoms with Gasteiger partial charge < -0.3 is 10.0 Å². The molecule has 2 aromatic rings. The van der Waals surface area contributed by atoms with E-state index in [1.807, 2.05) is 6.92 Å². The van der Waals surface area contributed by atoms with Gasteiger partial charge in [-0.1, -0.05) is 13.0 Å².